The van der Waals surface area contributed by atoms with Gasteiger partial charge in [-0.15, -0.1) is 0 Å². The summed E-state index contributed by atoms with van der Waals surface area (Å²) in [6.07, 6.45) is 0. The summed E-state index contributed by atoms with van der Waals surface area (Å²) in [5.41, 5.74) is 4.59. The van der Waals surface area contributed by atoms with Gasteiger partial charge in [-0.05, 0) is 17.7 Å². The fourth-order valence-corrected chi connectivity index (χ4v) is 2.63. The molecule has 0 bridgehead atoms. The van der Waals surface area contributed by atoms with Crippen LogP contribution in [-0.2, 0) is 30.4 Å². The van der Waals surface area contributed by atoms with Crippen LogP contribution < -0.4 is 5.73 Å². The van der Waals surface area contributed by atoms with E-state index in [9.17, 15) is 24.5 Å². The van der Waals surface area contributed by atoms with Crippen molar-refractivity contribution in [2.24, 2.45) is 0 Å². The molecule has 2 aromatic carbocycles. The first-order valence-electron chi connectivity index (χ1n) is 8.25. The van der Waals surface area contributed by atoms with Gasteiger partial charge in [0.15, 0.2) is 5.92 Å². The number of benzene rings is 2. The molecule has 0 atom stereocenters. The fourth-order valence-electron chi connectivity index (χ4n) is 2.63. The first-order valence-corrected chi connectivity index (χ1v) is 8.25. The Kier molecular flexibility index (Phi) is 6.85. The molecule has 0 amide bonds. The number of anilines is 1. The topological polar surface area (TPSA) is 148 Å². The SMILES string of the molecule is COC(=O)C(C(=O)OC)c1ccc(C(=O)OCc2ccccc2)c(N)c1[N+](=O)[O-]. The van der Waals surface area contributed by atoms with E-state index in [1.54, 1.807) is 30.3 Å². The molecular formula is C19H18N2O8. The Morgan fingerprint density at radius 1 is 1.03 bits per heavy atom. The van der Waals surface area contributed by atoms with E-state index < -0.39 is 40.1 Å². The van der Waals surface area contributed by atoms with E-state index in [2.05, 4.69) is 9.47 Å². The Hall–Kier alpha value is -3.95. The maximum atomic E-state index is 12.4. The number of esters is 3. The lowest BCUT2D eigenvalue weighted by atomic mass is 9.94. The maximum Gasteiger partial charge on any atom is 0.340 e. The van der Waals surface area contributed by atoms with Gasteiger partial charge >= 0.3 is 17.9 Å². The molecule has 0 heterocycles. The van der Waals surface area contributed by atoms with Crippen LogP contribution in [0.1, 0.15) is 27.4 Å². The molecule has 0 aliphatic carbocycles. The van der Waals surface area contributed by atoms with Crippen molar-refractivity contribution in [3.05, 3.63) is 69.3 Å². The van der Waals surface area contributed by atoms with Crippen LogP contribution in [0, 0.1) is 10.1 Å². The minimum Gasteiger partial charge on any atom is -0.468 e. The summed E-state index contributed by atoms with van der Waals surface area (Å²) in [5.74, 6) is -4.77. The number of nitrogens with zero attached hydrogens (tertiary/aromatic N) is 1. The number of nitrogens with two attached hydrogens (primary N) is 1. The van der Waals surface area contributed by atoms with Crippen molar-refractivity contribution >= 4 is 29.3 Å². The summed E-state index contributed by atoms with van der Waals surface area (Å²) in [5, 5.41) is 11.6. The normalized spacial score (nSPS) is 10.3. The molecule has 0 aliphatic rings. The van der Waals surface area contributed by atoms with Gasteiger partial charge in [0.1, 0.15) is 12.3 Å². The van der Waals surface area contributed by atoms with Crippen molar-refractivity contribution in [1.82, 2.24) is 0 Å². The summed E-state index contributed by atoms with van der Waals surface area (Å²) in [4.78, 5) is 47.1. The minimum atomic E-state index is -1.73. The summed E-state index contributed by atoms with van der Waals surface area (Å²) >= 11 is 0. The Labute approximate surface area is 165 Å². The van der Waals surface area contributed by atoms with E-state index in [0.29, 0.717) is 5.56 Å². The average Bonchev–Trinajstić information content (AvgIpc) is 2.72. The first-order chi connectivity index (χ1) is 13.8. The van der Waals surface area contributed by atoms with Crippen LogP contribution >= 0.6 is 0 Å². The number of hydrogen-bond acceptors (Lipinski definition) is 9. The molecule has 0 fully saturated rings. The lowest BCUT2D eigenvalue weighted by Gasteiger charge is -2.15. The van der Waals surface area contributed by atoms with Crippen molar-refractivity contribution in [3.63, 3.8) is 0 Å². The smallest absolute Gasteiger partial charge is 0.340 e. The molecule has 0 radical (unpaired) electrons. The molecule has 0 saturated carbocycles. The van der Waals surface area contributed by atoms with Crippen LogP contribution in [0.4, 0.5) is 11.4 Å². The molecule has 2 rings (SSSR count). The molecule has 0 aromatic heterocycles. The predicted molar refractivity (Wildman–Crippen MR) is 99.8 cm³/mol. The minimum absolute atomic E-state index is 0.0678. The molecule has 10 heteroatoms. The highest BCUT2D eigenvalue weighted by atomic mass is 16.6. The third-order valence-electron chi connectivity index (χ3n) is 4.05. The summed E-state index contributed by atoms with van der Waals surface area (Å²) in [6, 6.07) is 11.0. The predicted octanol–water partition coefficient (Wildman–Crippen LogP) is 1.96. The Morgan fingerprint density at radius 2 is 1.62 bits per heavy atom. The molecular weight excluding hydrogens is 384 g/mol. The van der Waals surface area contributed by atoms with Crippen LogP contribution in [0.5, 0.6) is 0 Å². The van der Waals surface area contributed by atoms with Crippen LogP contribution in [0.15, 0.2) is 42.5 Å². The molecule has 152 valence electrons. The van der Waals surface area contributed by atoms with Crippen molar-refractivity contribution in [2.75, 3.05) is 20.0 Å². The van der Waals surface area contributed by atoms with Crippen LogP contribution in [-0.4, -0.2) is 37.1 Å². The van der Waals surface area contributed by atoms with Crippen molar-refractivity contribution in [1.29, 1.82) is 0 Å². The second kappa shape index (κ2) is 9.31. The third-order valence-corrected chi connectivity index (χ3v) is 4.05. The average molecular weight is 402 g/mol. The second-order valence-corrected chi connectivity index (χ2v) is 5.76. The highest BCUT2D eigenvalue weighted by Crippen LogP contribution is 2.36. The van der Waals surface area contributed by atoms with E-state index in [0.717, 1.165) is 26.4 Å². The molecule has 0 spiro atoms. The number of carbonyl (C=O) groups is 3. The lowest BCUT2D eigenvalue weighted by Crippen LogP contribution is -2.26. The number of methoxy groups -OCH3 is 2. The lowest BCUT2D eigenvalue weighted by molar-refractivity contribution is -0.384. The largest absolute Gasteiger partial charge is 0.468 e. The van der Waals surface area contributed by atoms with Crippen molar-refractivity contribution < 1.29 is 33.5 Å². The van der Waals surface area contributed by atoms with Gasteiger partial charge in [-0.1, -0.05) is 30.3 Å². The number of ether oxygens (including phenoxy) is 3. The van der Waals surface area contributed by atoms with Crippen LogP contribution in [0.25, 0.3) is 0 Å². The molecule has 0 saturated heterocycles. The first kappa shape index (κ1) is 21.4. The van der Waals surface area contributed by atoms with Gasteiger partial charge in [-0.2, -0.15) is 0 Å². The highest BCUT2D eigenvalue weighted by molar-refractivity contribution is 6.04. The van der Waals surface area contributed by atoms with E-state index in [1.165, 1.54) is 0 Å². The van der Waals surface area contributed by atoms with Crippen LogP contribution in [0.2, 0.25) is 0 Å². The number of nitro benzene ring substituents is 1. The van der Waals surface area contributed by atoms with Gasteiger partial charge in [-0.3, -0.25) is 19.7 Å². The monoisotopic (exact) mass is 402 g/mol. The summed E-state index contributed by atoms with van der Waals surface area (Å²) < 4.78 is 14.2. The van der Waals surface area contributed by atoms with Gasteiger partial charge in [0, 0.05) is 0 Å². The molecule has 2 N–H and O–H groups in total. The molecule has 0 aliphatic heterocycles. The number of nitrogen functional groups attached to an aromatic ring is 1. The number of rotatable bonds is 7. The quantitative estimate of drug-likeness (QED) is 0.183. The van der Waals surface area contributed by atoms with E-state index >= 15 is 0 Å². The van der Waals surface area contributed by atoms with Gasteiger partial charge in [0.2, 0.25) is 0 Å². The Balaban J connectivity index is 2.44. The molecule has 0 unspecified atom stereocenters. The number of hydrogen-bond donors (Lipinski definition) is 1. The number of carbonyl (C=O) groups excluding carboxylic acids is 3. The molecule has 2 aromatic rings. The zero-order chi connectivity index (χ0) is 21.6. The molecule has 10 nitrogen and oxygen atoms in total. The number of nitro groups is 1. The van der Waals surface area contributed by atoms with Crippen LogP contribution in [0.3, 0.4) is 0 Å². The van der Waals surface area contributed by atoms with Crippen molar-refractivity contribution in [3.8, 4) is 0 Å². The second-order valence-electron chi connectivity index (χ2n) is 5.76. The third kappa shape index (κ3) is 4.67. The van der Waals surface area contributed by atoms with Crippen molar-refractivity contribution in [2.45, 2.75) is 12.5 Å². The molecule has 29 heavy (non-hydrogen) atoms. The van der Waals surface area contributed by atoms with Gasteiger partial charge in [0.25, 0.3) is 5.69 Å². The Morgan fingerprint density at radius 3 is 2.14 bits per heavy atom. The fraction of sp³-hybridized carbons (Fsp3) is 0.211. The summed E-state index contributed by atoms with van der Waals surface area (Å²) in [6.45, 7) is -0.0678. The zero-order valence-electron chi connectivity index (χ0n) is 15.6. The maximum absolute atomic E-state index is 12.4. The standard InChI is InChI=1S/C19H18N2O8/c1-27-18(23)14(19(24)28-2)12-8-9-13(15(20)16(12)21(25)26)17(22)29-10-11-6-4-3-5-7-11/h3-9,14H,10,20H2,1-2H3. The van der Waals surface area contributed by atoms with E-state index in [-0.39, 0.29) is 17.7 Å². The highest BCUT2D eigenvalue weighted by Gasteiger charge is 2.38. The van der Waals surface area contributed by atoms with E-state index in [4.69, 9.17) is 10.5 Å². The zero-order valence-corrected chi connectivity index (χ0v) is 15.6. The van der Waals surface area contributed by atoms with Gasteiger partial charge in [0.05, 0.1) is 30.3 Å². The Bertz CT molecular complexity index is 927. The van der Waals surface area contributed by atoms with E-state index in [1.807, 2.05) is 0 Å². The van der Waals surface area contributed by atoms with Gasteiger partial charge < -0.3 is 19.9 Å². The summed E-state index contributed by atoms with van der Waals surface area (Å²) in [7, 11) is 2.03. The van der Waals surface area contributed by atoms with Gasteiger partial charge in [-0.25, -0.2) is 4.79 Å².